The minimum absolute atomic E-state index is 0.166. The second-order valence-corrected chi connectivity index (χ2v) is 3.92. The molecule has 0 aliphatic carbocycles. The van der Waals surface area contributed by atoms with E-state index in [4.69, 9.17) is 0 Å². The minimum atomic E-state index is -4.42. The van der Waals surface area contributed by atoms with Gasteiger partial charge in [0.05, 0.1) is 5.56 Å². The number of imidazole rings is 1. The molecule has 6 heteroatoms. The van der Waals surface area contributed by atoms with E-state index in [0.717, 1.165) is 12.1 Å². The van der Waals surface area contributed by atoms with Gasteiger partial charge in [-0.05, 0) is 17.7 Å². The normalized spacial score (nSPS) is 13.6. The first kappa shape index (κ1) is 12.6. The van der Waals surface area contributed by atoms with Gasteiger partial charge in [-0.15, -0.1) is 0 Å². The number of aliphatic hydroxyl groups excluding tert-OH is 1. The molecule has 0 bridgehead atoms. The molecule has 18 heavy (non-hydrogen) atoms. The predicted molar refractivity (Wildman–Crippen MR) is 58.7 cm³/mol. The van der Waals surface area contributed by atoms with Crippen molar-refractivity contribution in [2.45, 2.75) is 12.3 Å². The van der Waals surface area contributed by atoms with E-state index in [1.54, 1.807) is 17.8 Å². The number of aliphatic hydroxyl groups is 1. The van der Waals surface area contributed by atoms with Crippen molar-refractivity contribution in [3.8, 4) is 0 Å². The third-order valence-electron chi connectivity index (χ3n) is 2.63. The lowest BCUT2D eigenvalue weighted by molar-refractivity contribution is -0.137. The Morgan fingerprint density at radius 1 is 1.33 bits per heavy atom. The lowest BCUT2D eigenvalue weighted by atomic mass is 10.1. The van der Waals surface area contributed by atoms with Gasteiger partial charge in [0, 0.05) is 19.4 Å². The molecular weight excluding hydrogens is 245 g/mol. The number of hydrogen-bond donors (Lipinski definition) is 1. The number of alkyl halides is 3. The Kier molecular flexibility index (Phi) is 3.13. The highest BCUT2D eigenvalue weighted by Crippen LogP contribution is 2.31. The Hall–Kier alpha value is -1.82. The van der Waals surface area contributed by atoms with E-state index < -0.39 is 17.8 Å². The molecule has 0 fully saturated rings. The number of aryl methyl sites for hydroxylation is 1. The molecular formula is C12H11F3N2O. The van der Waals surface area contributed by atoms with E-state index in [0.29, 0.717) is 5.82 Å². The SMILES string of the molecule is Cn1ccnc1C(O)c1cccc(C(F)(F)F)c1. The second-order valence-electron chi connectivity index (χ2n) is 3.92. The summed E-state index contributed by atoms with van der Waals surface area (Å²) in [6.45, 7) is 0. The van der Waals surface area contributed by atoms with Crippen LogP contribution in [0.15, 0.2) is 36.7 Å². The quantitative estimate of drug-likeness (QED) is 0.896. The molecule has 0 saturated carbocycles. The number of nitrogens with zero attached hydrogens (tertiary/aromatic N) is 2. The van der Waals surface area contributed by atoms with Crippen LogP contribution in [0, 0.1) is 0 Å². The van der Waals surface area contributed by atoms with Crippen LogP contribution in [0.25, 0.3) is 0 Å². The molecule has 3 nitrogen and oxygen atoms in total. The molecule has 0 radical (unpaired) electrons. The maximum Gasteiger partial charge on any atom is 0.416 e. The van der Waals surface area contributed by atoms with Crippen molar-refractivity contribution in [2.75, 3.05) is 0 Å². The van der Waals surface area contributed by atoms with Gasteiger partial charge in [0.1, 0.15) is 11.9 Å². The molecule has 1 aromatic carbocycles. The van der Waals surface area contributed by atoms with Gasteiger partial charge >= 0.3 is 6.18 Å². The molecule has 1 heterocycles. The Morgan fingerprint density at radius 3 is 2.61 bits per heavy atom. The summed E-state index contributed by atoms with van der Waals surface area (Å²) in [6, 6.07) is 4.60. The zero-order valence-electron chi connectivity index (χ0n) is 9.52. The molecule has 2 rings (SSSR count). The van der Waals surface area contributed by atoms with E-state index in [2.05, 4.69) is 4.98 Å². The first-order valence-corrected chi connectivity index (χ1v) is 5.22. The van der Waals surface area contributed by atoms with Gasteiger partial charge < -0.3 is 9.67 Å². The summed E-state index contributed by atoms with van der Waals surface area (Å²) in [5.74, 6) is 0.300. The van der Waals surface area contributed by atoms with E-state index >= 15 is 0 Å². The van der Waals surface area contributed by atoms with Crippen LogP contribution in [0.1, 0.15) is 23.1 Å². The number of hydrogen-bond acceptors (Lipinski definition) is 2. The van der Waals surface area contributed by atoms with E-state index in [1.807, 2.05) is 0 Å². The summed E-state index contributed by atoms with van der Waals surface area (Å²) in [4.78, 5) is 3.92. The topological polar surface area (TPSA) is 38.0 Å². The average molecular weight is 256 g/mol. The van der Waals surface area contributed by atoms with E-state index in [1.165, 1.54) is 18.3 Å². The van der Waals surface area contributed by atoms with Crippen molar-refractivity contribution in [1.29, 1.82) is 0 Å². The average Bonchev–Trinajstić information content (AvgIpc) is 2.73. The summed E-state index contributed by atoms with van der Waals surface area (Å²) < 4.78 is 39.2. The molecule has 96 valence electrons. The fourth-order valence-corrected chi connectivity index (χ4v) is 1.67. The van der Waals surface area contributed by atoms with Crippen molar-refractivity contribution in [3.63, 3.8) is 0 Å². The fourth-order valence-electron chi connectivity index (χ4n) is 1.67. The lowest BCUT2D eigenvalue weighted by Crippen LogP contribution is -2.10. The highest BCUT2D eigenvalue weighted by Gasteiger charge is 2.31. The molecule has 0 aliphatic rings. The standard InChI is InChI=1S/C12H11F3N2O/c1-17-6-5-16-11(17)10(18)8-3-2-4-9(7-8)12(13,14)15/h2-7,10,18H,1H3. The first-order chi connectivity index (χ1) is 8.39. The summed E-state index contributed by atoms with van der Waals surface area (Å²) in [5.41, 5.74) is -0.618. The minimum Gasteiger partial charge on any atom is -0.380 e. The lowest BCUT2D eigenvalue weighted by Gasteiger charge is -2.13. The third-order valence-corrected chi connectivity index (χ3v) is 2.63. The van der Waals surface area contributed by atoms with Crippen LogP contribution in [0.5, 0.6) is 0 Å². The fraction of sp³-hybridized carbons (Fsp3) is 0.250. The molecule has 0 saturated heterocycles. The third kappa shape index (κ3) is 2.38. The van der Waals surface area contributed by atoms with Crippen LogP contribution in [-0.2, 0) is 13.2 Å². The van der Waals surface area contributed by atoms with Gasteiger partial charge in [0.15, 0.2) is 0 Å². The van der Waals surface area contributed by atoms with Crippen LogP contribution in [0.2, 0.25) is 0 Å². The Bertz CT molecular complexity index is 548. The zero-order chi connectivity index (χ0) is 13.3. The summed E-state index contributed by atoms with van der Waals surface area (Å²) in [7, 11) is 1.67. The molecule has 2 aromatic rings. The highest BCUT2D eigenvalue weighted by molar-refractivity contribution is 5.30. The van der Waals surface area contributed by atoms with Crippen molar-refractivity contribution < 1.29 is 18.3 Å². The van der Waals surface area contributed by atoms with Crippen molar-refractivity contribution >= 4 is 0 Å². The maximum absolute atomic E-state index is 12.6. The number of halogens is 3. The Labute approximate surface area is 102 Å². The summed E-state index contributed by atoms with van der Waals surface area (Å²) in [6.07, 6.45) is -2.50. The molecule has 1 unspecified atom stereocenters. The van der Waals surface area contributed by atoms with Crippen LogP contribution >= 0.6 is 0 Å². The Balaban J connectivity index is 2.38. The monoisotopic (exact) mass is 256 g/mol. The van der Waals surface area contributed by atoms with Crippen molar-refractivity contribution in [1.82, 2.24) is 9.55 Å². The number of aromatic nitrogens is 2. The summed E-state index contributed by atoms with van der Waals surface area (Å²) in [5, 5.41) is 10.0. The van der Waals surface area contributed by atoms with Gasteiger partial charge in [-0.3, -0.25) is 0 Å². The van der Waals surface area contributed by atoms with Crippen LogP contribution in [-0.4, -0.2) is 14.7 Å². The van der Waals surface area contributed by atoms with Gasteiger partial charge in [-0.2, -0.15) is 13.2 Å². The van der Waals surface area contributed by atoms with Gasteiger partial charge in [0.25, 0.3) is 0 Å². The first-order valence-electron chi connectivity index (χ1n) is 5.22. The van der Waals surface area contributed by atoms with Crippen molar-refractivity contribution in [2.24, 2.45) is 7.05 Å². The zero-order valence-corrected chi connectivity index (χ0v) is 9.52. The smallest absolute Gasteiger partial charge is 0.380 e. The van der Waals surface area contributed by atoms with Crippen LogP contribution in [0.4, 0.5) is 13.2 Å². The maximum atomic E-state index is 12.6. The predicted octanol–water partition coefficient (Wildman–Crippen LogP) is 2.52. The van der Waals surface area contributed by atoms with Crippen LogP contribution < -0.4 is 0 Å². The van der Waals surface area contributed by atoms with Crippen LogP contribution in [0.3, 0.4) is 0 Å². The highest BCUT2D eigenvalue weighted by atomic mass is 19.4. The largest absolute Gasteiger partial charge is 0.416 e. The number of benzene rings is 1. The van der Waals surface area contributed by atoms with Crippen molar-refractivity contribution in [3.05, 3.63) is 53.6 Å². The van der Waals surface area contributed by atoms with E-state index in [-0.39, 0.29) is 5.56 Å². The van der Waals surface area contributed by atoms with E-state index in [9.17, 15) is 18.3 Å². The van der Waals surface area contributed by atoms with Gasteiger partial charge in [-0.1, -0.05) is 12.1 Å². The molecule has 1 atom stereocenters. The number of rotatable bonds is 2. The molecule has 0 aliphatic heterocycles. The van der Waals surface area contributed by atoms with Gasteiger partial charge in [0.2, 0.25) is 0 Å². The summed E-state index contributed by atoms with van der Waals surface area (Å²) >= 11 is 0. The van der Waals surface area contributed by atoms with Gasteiger partial charge in [-0.25, -0.2) is 4.98 Å². The second kappa shape index (κ2) is 4.45. The molecule has 0 amide bonds. The molecule has 1 aromatic heterocycles. The molecule has 0 spiro atoms. The molecule has 1 N–H and O–H groups in total. The Morgan fingerprint density at radius 2 is 2.06 bits per heavy atom.